The summed E-state index contributed by atoms with van der Waals surface area (Å²) in [6.45, 7) is 16.8. The highest BCUT2D eigenvalue weighted by atomic mass is 16.5. The molecule has 3 heteroatoms. The highest BCUT2D eigenvalue weighted by Crippen LogP contribution is 2.46. The molecule has 3 aliphatic rings. The number of hydrogen-bond donors (Lipinski definition) is 0. The second-order valence-corrected chi connectivity index (χ2v) is 8.20. The van der Waals surface area contributed by atoms with Crippen molar-refractivity contribution in [2.75, 3.05) is 39.4 Å². The van der Waals surface area contributed by atoms with Crippen molar-refractivity contribution in [3.05, 3.63) is 0 Å². The number of likely N-dealkylation sites (tertiary alicyclic amines) is 2. The third kappa shape index (κ3) is 2.53. The summed E-state index contributed by atoms with van der Waals surface area (Å²) in [4.78, 5) is 5.41. The maximum atomic E-state index is 5.54. The average molecular weight is 280 g/mol. The van der Waals surface area contributed by atoms with Gasteiger partial charge in [0.15, 0.2) is 0 Å². The number of ether oxygens (including phenoxy) is 1. The predicted octanol–water partition coefficient (Wildman–Crippen LogP) is 2.61. The summed E-state index contributed by atoms with van der Waals surface area (Å²) in [7, 11) is 0. The van der Waals surface area contributed by atoms with Crippen molar-refractivity contribution in [2.45, 2.75) is 58.5 Å². The van der Waals surface area contributed by atoms with E-state index in [1.165, 1.54) is 45.4 Å². The fraction of sp³-hybridized carbons (Fsp3) is 1.00. The van der Waals surface area contributed by atoms with Crippen LogP contribution >= 0.6 is 0 Å². The molecule has 0 aromatic carbocycles. The zero-order chi connectivity index (χ0) is 14.4. The van der Waals surface area contributed by atoms with Crippen molar-refractivity contribution in [3.63, 3.8) is 0 Å². The summed E-state index contributed by atoms with van der Waals surface area (Å²) in [5, 5.41) is 0. The first-order chi connectivity index (χ1) is 9.43. The van der Waals surface area contributed by atoms with E-state index in [9.17, 15) is 0 Å². The molecule has 0 aromatic rings. The van der Waals surface area contributed by atoms with Gasteiger partial charge >= 0.3 is 0 Å². The first-order valence-corrected chi connectivity index (χ1v) is 8.50. The van der Waals surface area contributed by atoms with Crippen LogP contribution in [0.4, 0.5) is 0 Å². The van der Waals surface area contributed by atoms with Crippen LogP contribution in [0, 0.1) is 11.3 Å². The summed E-state index contributed by atoms with van der Waals surface area (Å²) in [6, 6.07) is 0.703. The SMILES string of the molecule is CC(C)N1CCC(C(C)(C)N2CC3(CCOCC3)C2)C1. The Bertz CT molecular complexity index is 339. The molecular formula is C17H32N2O. The highest BCUT2D eigenvalue weighted by Gasteiger charge is 2.51. The van der Waals surface area contributed by atoms with Gasteiger partial charge in [-0.1, -0.05) is 0 Å². The standard InChI is InChI=1S/C17H32N2O/c1-14(2)18-8-5-15(11-18)16(3,4)19-12-17(13-19)6-9-20-10-7-17/h14-15H,5-13H2,1-4H3. The van der Waals surface area contributed by atoms with E-state index in [0.29, 0.717) is 17.0 Å². The van der Waals surface area contributed by atoms with Gasteiger partial charge in [-0.2, -0.15) is 0 Å². The van der Waals surface area contributed by atoms with E-state index in [4.69, 9.17) is 4.74 Å². The van der Waals surface area contributed by atoms with Gasteiger partial charge in [0.1, 0.15) is 0 Å². The van der Waals surface area contributed by atoms with Gasteiger partial charge in [-0.3, -0.25) is 4.90 Å². The number of hydrogen-bond acceptors (Lipinski definition) is 3. The molecule has 0 bridgehead atoms. The first-order valence-electron chi connectivity index (χ1n) is 8.50. The minimum absolute atomic E-state index is 0.368. The first kappa shape index (κ1) is 14.8. The van der Waals surface area contributed by atoms with E-state index in [1.807, 2.05) is 0 Å². The van der Waals surface area contributed by atoms with E-state index in [0.717, 1.165) is 19.1 Å². The van der Waals surface area contributed by atoms with Crippen LogP contribution in [0.1, 0.15) is 47.0 Å². The Morgan fingerprint density at radius 3 is 2.35 bits per heavy atom. The molecule has 3 nitrogen and oxygen atoms in total. The van der Waals surface area contributed by atoms with Crippen LogP contribution < -0.4 is 0 Å². The molecule has 0 N–H and O–H groups in total. The van der Waals surface area contributed by atoms with Gasteiger partial charge in [-0.25, -0.2) is 0 Å². The van der Waals surface area contributed by atoms with Crippen LogP contribution in [-0.4, -0.2) is 60.8 Å². The molecule has 0 amide bonds. The third-order valence-corrected chi connectivity index (χ3v) is 6.37. The van der Waals surface area contributed by atoms with E-state index in [1.54, 1.807) is 0 Å². The smallest absolute Gasteiger partial charge is 0.0472 e. The van der Waals surface area contributed by atoms with Crippen LogP contribution in [0.2, 0.25) is 0 Å². The Balaban J connectivity index is 1.57. The zero-order valence-corrected chi connectivity index (χ0v) is 13.8. The van der Waals surface area contributed by atoms with Crippen LogP contribution in [-0.2, 0) is 4.74 Å². The van der Waals surface area contributed by atoms with Crippen molar-refractivity contribution in [1.82, 2.24) is 9.80 Å². The topological polar surface area (TPSA) is 15.7 Å². The van der Waals surface area contributed by atoms with Crippen molar-refractivity contribution in [3.8, 4) is 0 Å². The normalized spacial score (nSPS) is 31.9. The molecule has 116 valence electrons. The van der Waals surface area contributed by atoms with Crippen molar-refractivity contribution in [2.24, 2.45) is 11.3 Å². The fourth-order valence-corrected chi connectivity index (χ4v) is 4.38. The Morgan fingerprint density at radius 1 is 1.15 bits per heavy atom. The molecule has 0 aliphatic carbocycles. The molecule has 3 aliphatic heterocycles. The fourth-order valence-electron chi connectivity index (χ4n) is 4.38. The lowest BCUT2D eigenvalue weighted by Gasteiger charge is -2.59. The molecule has 3 heterocycles. The van der Waals surface area contributed by atoms with E-state index in [-0.39, 0.29) is 0 Å². The van der Waals surface area contributed by atoms with Gasteiger partial charge in [0.2, 0.25) is 0 Å². The molecule has 1 unspecified atom stereocenters. The molecule has 0 saturated carbocycles. The molecular weight excluding hydrogens is 248 g/mol. The summed E-state index contributed by atoms with van der Waals surface area (Å²) in [6.07, 6.45) is 3.93. The lowest BCUT2D eigenvalue weighted by Crippen LogP contribution is -2.66. The Hall–Kier alpha value is -0.120. The van der Waals surface area contributed by atoms with Crippen molar-refractivity contribution in [1.29, 1.82) is 0 Å². The van der Waals surface area contributed by atoms with Crippen LogP contribution in [0.25, 0.3) is 0 Å². The molecule has 20 heavy (non-hydrogen) atoms. The molecule has 3 rings (SSSR count). The summed E-state index contributed by atoms with van der Waals surface area (Å²) in [5.74, 6) is 0.835. The van der Waals surface area contributed by atoms with Gasteiger partial charge in [-0.15, -0.1) is 0 Å². The molecule has 0 radical (unpaired) electrons. The average Bonchev–Trinajstić information content (AvgIpc) is 2.87. The summed E-state index contributed by atoms with van der Waals surface area (Å²) >= 11 is 0. The number of rotatable bonds is 3. The Morgan fingerprint density at radius 2 is 1.80 bits per heavy atom. The zero-order valence-electron chi connectivity index (χ0n) is 13.8. The lowest BCUT2D eigenvalue weighted by molar-refractivity contribution is -0.129. The van der Waals surface area contributed by atoms with Crippen LogP contribution in [0.3, 0.4) is 0 Å². The van der Waals surface area contributed by atoms with Crippen molar-refractivity contribution < 1.29 is 4.74 Å². The van der Waals surface area contributed by atoms with E-state index < -0.39 is 0 Å². The maximum absolute atomic E-state index is 5.54. The van der Waals surface area contributed by atoms with Gasteiger partial charge in [-0.05, 0) is 59.4 Å². The second-order valence-electron chi connectivity index (χ2n) is 8.20. The quantitative estimate of drug-likeness (QED) is 0.790. The van der Waals surface area contributed by atoms with E-state index >= 15 is 0 Å². The summed E-state index contributed by atoms with van der Waals surface area (Å²) in [5.41, 5.74) is 0.971. The molecule has 3 saturated heterocycles. The summed E-state index contributed by atoms with van der Waals surface area (Å²) < 4.78 is 5.54. The molecule has 1 spiro atoms. The van der Waals surface area contributed by atoms with Gasteiger partial charge in [0.25, 0.3) is 0 Å². The second kappa shape index (κ2) is 5.26. The third-order valence-electron chi connectivity index (χ3n) is 6.37. The Labute approximate surface area is 124 Å². The van der Waals surface area contributed by atoms with Gasteiger partial charge in [0, 0.05) is 49.8 Å². The molecule has 1 atom stereocenters. The van der Waals surface area contributed by atoms with Gasteiger partial charge in [0.05, 0.1) is 0 Å². The minimum Gasteiger partial charge on any atom is -0.381 e. The lowest BCUT2D eigenvalue weighted by atomic mass is 9.69. The van der Waals surface area contributed by atoms with Gasteiger partial charge < -0.3 is 9.64 Å². The van der Waals surface area contributed by atoms with E-state index in [2.05, 4.69) is 37.5 Å². The largest absolute Gasteiger partial charge is 0.381 e. The molecule has 3 fully saturated rings. The number of nitrogens with zero attached hydrogens (tertiary/aromatic N) is 2. The van der Waals surface area contributed by atoms with Crippen LogP contribution in [0.5, 0.6) is 0 Å². The Kier molecular flexibility index (Phi) is 3.89. The maximum Gasteiger partial charge on any atom is 0.0472 e. The monoisotopic (exact) mass is 280 g/mol. The van der Waals surface area contributed by atoms with Crippen LogP contribution in [0.15, 0.2) is 0 Å². The highest BCUT2D eigenvalue weighted by molar-refractivity contribution is 5.05. The van der Waals surface area contributed by atoms with Crippen molar-refractivity contribution >= 4 is 0 Å². The minimum atomic E-state index is 0.368. The predicted molar refractivity (Wildman–Crippen MR) is 83.0 cm³/mol. The molecule has 0 aromatic heterocycles.